The summed E-state index contributed by atoms with van der Waals surface area (Å²) in [5.41, 5.74) is 0.612. The van der Waals surface area contributed by atoms with Gasteiger partial charge in [0, 0.05) is 29.0 Å². The molecule has 0 fully saturated rings. The van der Waals surface area contributed by atoms with Crippen LogP contribution >= 0.6 is 27.5 Å². The lowest BCUT2D eigenvalue weighted by Gasteiger charge is -2.07. The maximum atomic E-state index is 12.2. The summed E-state index contributed by atoms with van der Waals surface area (Å²) in [5.74, 6) is -0.691. The Kier molecular flexibility index (Phi) is 6.72. The Morgan fingerprint density at radius 2 is 2.08 bits per heavy atom. The van der Waals surface area contributed by atoms with E-state index < -0.39 is 10.8 Å². The van der Waals surface area contributed by atoms with Gasteiger partial charge < -0.3 is 10.6 Å². The topological polar surface area (TPSA) is 108 Å². The van der Waals surface area contributed by atoms with E-state index in [-0.39, 0.29) is 22.0 Å². The van der Waals surface area contributed by atoms with Crippen molar-refractivity contribution in [3.63, 3.8) is 0 Å². The van der Waals surface area contributed by atoms with Gasteiger partial charge in [-0.3, -0.25) is 14.9 Å². The number of carbonyl (C=O) groups excluding carboxylic acids is 1. The smallest absolute Gasteiger partial charge is 0.289 e. The van der Waals surface area contributed by atoms with Crippen molar-refractivity contribution in [2.75, 3.05) is 5.32 Å². The zero-order chi connectivity index (χ0) is 19.1. The number of nitriles is 1. The van der Waals surface area contributed by atoms with E-state index in [0.29, 0.717) is 6.54 Å². The second-order valence-corrected chi connectivity index (χ2v) is 6.28. The molecule has 1 amide bonds. The summed E-state index contributed by atoms with van der Waals surface area (Å²) in [5, 5.41) is 25.3. The third kappa shape index (κ3) is 5.05. The van der Waals surface area contributed by atoms with Gasteiger partial charge in [0.1, 0.15) is 16.7 Å². The van der Waals surface area contributed by atoms with Crippen LogP contribution in [-0.2, 0) is 11.3 Å². The molecule has 0 aliphatic rings. The van der Waals surface area contributed by atoms with E-state index in [1.54, 1.807) is 6.07 Å². The highest BCUT2D eigenvalue weighted by atomic mass is 79.9. The molecule has 9 heteroatoms. The lowest BCUT2D eigenvalue weighted by atomic mass is 10.2. The van der Waals surface area contributed by atoms with Crippen LogP contribution in [0, 0.1) is 21.4 Å². The lowest BCUT2D eigenvalue weighted by molar-refractivity contribution is -0.384. The number of nitrogens with zero attached hydrogens (tertiary/aromatic N) is 2. The zero-order valence-corrected chi connectivity index (χ0v) is 15.5. The quantitative estimate of drug-likeness (QED) is 0.307. The van der Waals surface area contributed by atoms with Crippen molar-refractivity contribution in [3.8, 4) is 6.07 Å². The third-order valence-corrected chi connectivity index (χ3v) is 4.36. The molecule has 0 heterocycles. The van der Waals surface area contributed by atoms with Gasteiger partial charge in [-0.2, -0.15) is 5.26 Å². The van der Waals surface area contributed by atoms with Gasteiger partial charge in [0.05, 0.1) is 4.92 Å². The summed E-state index contributed by atoms with van der Waals surface area (Å²) < 4.78 is 0.900. The molecule has 0 saturated heterocycles. The molecular weight excluding hydrogens is 424 g/mol. The summed E-state index contributed by atoms with van der Waals surface area (Å²) in [6, 6.07) is 13.2. The first-order valence-electron chi connectivity index (χ1n) is 7.24. The molecule has 2 aromatic rings. The minimum atomic E-state index is -0.691. The number of hydrogen-bond acceptors (Lipinski definition) is 5. The second-order valence-electron chi connectivity index (χ2n) is 5.02. The van der Waals surface area contributed by atoms with Crippen molar-refractivity contribution in [1.82, 2.24) is 5.32 Å². The van der Waals surface area contributed by atoms with Crippen LogP contribution < -0.4 is 10.6 Å². The minimum Gasteiger partial charge on any atom is -0.386 e. The Balaban J connectivity index is 2.07. The Labute approximate surface area is 162 Å². The predicted octanol–water partition coefficient (Wildman–Crippen LogP) is 4.15. The number of nitrogens with one attached hydrogen (secondary N) is 2. The van der Waals surface area contributed by atoms with Crippen LogP contribution in [0.5, 0.6) is 0 Å². The number of amides is 1. The van der Waals surface area contributed by atoms with Gasteiger partial charge in [-0.15, -0.1) is 0 Å². The first-order valence-corrected chi connectivity index (χ1v) is 8.42. The SMILES string of the molecule is N#C/C(=C/NCc1ccccc1Br)C(=O)Nc1ccc(Cl)c([N+](=O)[O-])c1. The van der Waals surface area contributed by atoms with Gasteiger partial charge in [0.25, 0.3) is 11.6 Å². The van der Waals surface area contributed by atoms with Crippen LogP contribution in [0.3, 0.4) is 0 Å². The van der Waals surface area contributed by atoms with Crippen molar-refractivity contribution >= 4 is 44.8 Å². The molecule has 2 aromatic carbocycles. The van der Waals surface area contributed by atoms with E-state index in [4.69, 9.17) is 16.9 Å². The van der Waals surface area contributed by atoms with Gasteiger partial charge in [-0.1, -0.05) is 45.7 Å². The number of halogens is 2. The fourth-order valence-electron chi connectivity index (χ4n) is 1.98. The fourth-order valence-corrected chi connectivity index (χ4v) is 2.59. The number of anilines is 1. The van der Waals surface area contributed by atoms with E-state index in [1.165, 1.54) is 18.3 Å². The first-order chi connectivity index (χ1) is 12.4. The average Bonchev–Trinajstić information content (AvgIpc) is 2.61. The van der Waals surface area contributed by atoms with E-state index >= 15 is 0 Å². The number of nitro benzene ring substituents is 1. The molecule has 0 aliphatic heterocycles. The van der Waals surface area contributed by atoms with Crippen LogP contribution in [0.25, 0.3) is 0 Å². The Bertz CT molecular complexity index is 924. The van der Waals surface area contributed by atoms with Crippen LogP contribution in [0.1, 0.15) is 5.56 Å². The Hall–Kier alpha value is -2.89. The molecule has 0 atom stereocenters. The van der Waals surface area contributed by atoms with Crippen LogP contribution in [-0.4, -0.2) is 10.8 Å². The zero-order valence-electron chi connectivity index (χ0n) is 13.2. The lowest BCUT2D eigenvalue weighted by Crippen LogP contribution is -2.16. The maximum absolute atomic E-state index is 12.2. The molecule has 2 rings (SSSR count). The summed E-state index contributed by atoms with van der Waals surface area (Å²) in [6.45, 7) is 0.409. The van der Waals surface area contributed by atoms with Crippen LogP contribution in [0.15, 0.2) is 58.7 Å². The van der Waals surface area contributed by atoms with E-state index in [2.05, 4.69) is 26.6 Å². The normalized spacial score (nSPS) is 10.7. The van der Waals surface area contributed by atoms with Crippen molar-refractivity contribution in [2.24, 2.45) is 0 Å². The van der Waals surface area contributed by atoms with Crippen molar-refractivity contribution < 1.29 is 9.72 Å². The molecular formula is C17H12BrClN4O3. The fraction of sp³-hybridized carbons (Fsp3) is 0.0588. The maximum Gasteiger partial charge on any atom is 0.289 e. The van der Waals surface area contributed by atoms with Crippen molar-refractivity contribution in [2.45, 2.75) is 6.54 Å². The molecule has 26 heavy (non-hydrogen) atoms. The van der Waals surface area contributed by atoms with E-state index in [0.717, 1.165) is 16.1 Å². The van der Waals surface area contributed by atoms with Gasteiger partial charge in [0.15, 0.2) is 0 Å². The van der Waals surface area contributed by atoms with Gasteiger partial charge in [-0.05, 0) is 23.8 Å². The number of rotatable bonds is 6. The van der Waals surface area contributed by atoms with Gasteiger partial charge in [-0.25, -0.2) is 0 Å². The standard InChI is InChI=1S/C17H12BrClN4O3/c18-14-4-2-1-3-11(14)9-21-10-12(8-20)17(24)22-13-5-6-15(19)16(7-13)23(25)26/h1-7,10,21H,9H2,(H,22,24)/b12-10-. The largest absolute Gasteiger partial charge is 0.386 e. The summed E-state index contributed by atoms with van der Waals surface area (Å²) in [7, 11) is 0. The molecule has 0 radical (unpaired) electrons. The van der Waals surface area contributed by atoms with Crippen molar-refractivity contribution in [3.05, 3.63) is 79.4 Å². The summed E-state index contributed by atoms with van der Waals surface area (Å²) >= 11 is 9.13. The first kappa shape index (κ1) is 19.4. The van der Waals surface area contributed by atoms with Gasteiger partial charge in [0.2, 0.25) is 0 Å². The average molecular weight is 436 g/mol. The van der Waals surface area contributed by atoms with E-state index in [1.807, 2.05) is 24.3 Å². The molecule has 2 N–H and O–H groups in total. The highest BCUT2D eigenvalue weighted by Crippen LogP contribution is 2.27. The number of benzene rings is 2. The molecule has 0 aromatic heterocycles. The Morgan fingerprint density at radius 3 is 2.73 bits per heavy atom. The molecule has 132 valence electrons. The number of hydrogen-bond donors (Lipinski definition) is 2. The number of nitro groups is 1. The van der Waals surface area contributed by atoms with Crippen LogP contribution in [0.2, 0.25) is 5.02 Å². The number of carbonyl (C=O) groups is 1. The summed E-state index contributed by atoms with van der Waals surface area (Å²) in [4.78, 5) is 22.4. The second kappa shape index (κ2) is 8.99. The van der Waals surface area contributed by atoms with E-state index in [9.17, 15) is 14.9 Å². The van der Waals surface area contributed by atoms with Gasteiger partial charge >= 0.3 is 0 Å². The van der Waals surface area contributed by atoms with Crippen LogP contribution in [0.4, 0.5) is 11.4 Å². The monoisotopic (exact) mass is 434 g/mol. The molecule has 0 aliphatic carbocycles. The molecule has 0 spiro atoms. The molecule has 0 bridgehead atoms. The molecule has 0 unspecified atom stereocenters. The predicted molar refractivity (Wildman–Crippen MR) is 101 cm³/mol. The molecule has 7 nitrogen and oxygen atoms in total. The molecule has 0 saturated carbocycles. The Morgan fingerprint density at radius 1 is 1.35 bits per heavy atom. The minimum absolute atomic E-state index is 0.0425. The third-order valence-electron chi connectivity index (χ3n) is 3.26. The highest BCUT2D eigenvalue weighted by molar-refractivity contribution is 9.10. The van der Waals surface area contributed by atoms with Crippen molar-refractivity contribution in [1.29, 1.82) is 5.26 Å². The summed E-state index contributed by atoms with van der Waals surface area (Å²) in [6.07, 6.45) is 1.29. The highest BCUT2D eigenvalue weighted by Gasteiger charge is 2.15.